The van der Waals surface area contributed by atoms with Gasteiger partial charge in [0.05, 0.1) is 13.2 Å². The molecule has 0 unspecified atom stereocenters. The van der Waals surface area contributed by atoms with Gasteiger partial charge in [-0.25, -0.2) is 4.57 Å². The van der Waals surface area contributed by atoms with Crippen LogP contribution in [0.2, 0.25) is 0 Å². The topological polar surface area (TPSA) is 55.8 Å². The van der Waals surface area contributed by atoms with Crippen molar-refractivity contribution in [3.8, 4) is 0 Å². The van der Waals surface area contributed by atoms with Crippen molar-refractivity contribution in [3.05, 3.63) is 0 Å². The molecule has 0 aromatic heterocycles. The largest absolute Gasteiger partial charge is 0.472 e. The van der Waals surface area contributed by atoms with E-state index in [1.54, 1.807) is 13.8 Å². The van der Waals surface area contributed by atoms with E-state index in [2.05, 4.69) is 9.05 Å². The van der Waals surface area contributed by atoms with Crippen molar-refractivity contribution in [2.45, 2.75) is 13.8 Å². The van der Waals surface area contributed by atoms with Crippen LogP contribution in [0.25, 0.3) is 0 Å². The van der Waals surface area contributed by atoms with E-state index in [9.17, 15) is 4.57 Å². The van der Waals surface area contributed by atoms with Gasteiger partial charge in [-0.2, -0.15) is 0 Å². The van der Waals surface area contributed by atoms with Crippen molar-refractivity contribution in [1.82, 2.24) is 0 Å². The standard InChI is InChI=1S/C4H11O4P.K/c1-3-7-9(5,6)8-4-2;/h3-4H2,1-2H3,(H,5,6);. The molecular weight excluding hydrogens is 182 g/mol. The normalized spacial score (nSPS) is 10.7. The molecule has 0 amide bonds. The Kier molecular flexibility index (Phi) is 10.6. The van der Waals surface area contributed by atoms with Gasteiger partial charge < -0.3 is 4.89 Å². The maximum absolute atomic E-state index is 10.5. The van der Waals surface area contributed by atoms with Gasteiger partial charge in [0, 0.05) is 51.4 Å². The summed E-state index contributed by atoms with van der Waals surface area (Å²) in [7, 11) is -3.69. The SMILES string of the molecule is CCOP(=O)(O)OCC.[K]. The summed E-state index contributed by atoms with van der Waals surface area (Å²) in [5, 5.41) is 0. The van der Waals surface area contributed by atoms with Crippen LogP contribution in [0.1, 0.15) is 13.8 Å². The van der Waals surface area contributed by atoms with Gasteiger partial charge in [0.2, 0.25) is 0 Å². The number of phosphoric ester groups is 1. The first-order valence-corrected chi connectivity index (χ1v) is 4.23. The van der Waals surface area contributed by atoms with E-state index >= 15 is 0 Å². The Bertz CT molecular complexity index is 108. The first-order chi connectivity index (χ1) is 4.12. The summed E-state index contributed by atoms with van der Waals surface area (Å²) >= 11 is 0. The fourth-order valence-corrected chi connectivity index (χ4v) is 1.09. The number of hydrogen-bond acceptors (Lipinski definition) is 3. The molecule has 57 valence electrons. The van der Waals surface area contributed by atoms with E-state index in [0.717, 1.165) is 0 Å². The molecule has 0 aromatic carbocycles. The third kappa shape index (κ3) is 7.85. The fraction of sp³-hybridized carbons (Fsp3) is 1.00. The summed E-state index contributed by atoms with van der Waals surface area (Å²) in [6, 6.07) is 0. The van der Waals surface area contributed by atoms with Gasteiger partial charge in [0.25, 0.3) is 0 Å². The molecule has 0 aromatic rings. The second kappa shape index (κ2) is 7.40. The van der Waals surface area contributed by atoms with Crippen LogP contribution in [0, 0.1) is 0 Å². The molecule has 1 radical (unpaired) electrons. The average Bonchev–Trinajstić information content (AvgIpc) is 1.64. The Morgan fingerprint density at radius 2 is 1.60 bits per heavy atom. The molecule has 0 saturated heterocycles. The Labute approximate surface area is 103 Å². The van der Waals surface area contributed by atoms with Crippen LogP contribution in [0.15, 0.2) is 0 Å². The summed E-state index contributed by atoms with van der Waals surface area (Å²) in [5.41, 5.74) is 0. The average molecular weight is 193 g/mol. The van der Waals surface area contributed by atoms with Gasteiger partial charge in [-0.05, 0) is 13.8 Å². The van der Waals surface area contributed by atoms with Gasteiger partial charge in [-0.3, -0.25) is 9.05 Å². The van der Waals surface area contributed by atoms with Crippen molar-refractivity contribution >= 4 is 59.2 Å². The smallest absolute Gasteiger partial charge is 0.302 e. The molecule has 0 atom stereocenters. The summed E-state index contributed by atoms with van der Waals surface area (Å²) in [6.07, 6.45) is 0. The summed E-state index contributed by atoms with van der Waals surface area (Å²) in [4.78, 5) is 8.63. The zero-order chi connectivity index (χ0) is 7.33. The first-order valence-electron chi connectivity index (χ1n) is 2.74. The van der Waals surface area contributed by atoms with Crippen LogP contribution >= 0.6 is 7.82 Å². The molecule has 0 aliphatic heterocycles. The van der Waals surface area contributed by atoms with E-state index < -0.39 is 7.82 Å². The Balaban J connectivity index is 0. The summed E-state index contributed by atoms with van der Waals surface area (Å²) in [5.74, 6) is 0. The number of phosphoric acid groups is 1. The van der Waals surface area contributed by atoms with E-state index in [-0.39, 0.29) is 64.6 Å². The van der Waals surface area contributed by atoms with Crippen LogP contribution in [0.3, 0.4) is 0 Å². The number of rotatable bonds is 4. The van der Waals surface area contributed by atoms with E-state index in [1.807, 2.05) is 0 Å². The van der Waals surface area contributed by atoms with Crippen molar-refractivity contribution in [2.75, 3.05) is 13.2 Å². The van der Waals surface area contributed by atoms with Crippen molar-refractivity contribution < 1.29 is 18.5 Å². The van der Waals surface area contributed by atoms with Crippen LogP contribution < -0.4 is 0 Å². The van der Waals surface area contributed by atoms with Gasteiger partial charge in [-0.1, -0.05) is 0 Å². The molecule has 0 aliphatic carbocycles. The summed E-state index contributed by atoms with van der Waals surface area (Å²) < 4.78 is 19.2. The molecule has 0 bridgehead atoms. The van der Waals surface area contributed by atoms with Crippen LogP contribution in [-0.2, 0) is 13.6 Å². The molecule has 10 heavy (non-hydrogen) atoms. The molecule has 0 heterocycles. The first kappa shape index (κ1) is 14.3. The third-order valence-electron chi connectivity index (χ3n) is 0.584. The summed E-state index contributed by atoms with van der Waals surface area (Å²) in [6.45, 7) is 3.63. The molecule has 0 aliphatic rings. The molecule has 0 spiro atoms. The van der Waals surface area contributed by atoms with Crippen molar-refractivity contribution in [3.63, 3.8) is 0 Å². The Morgan fingerprint density at radius 1 is 1.30 bits per heavy atom. The minimum Gasteiger partial charge on any atom is -0.302 e. The second-order valence-corrected chi connectivity index (χ2v) is 2.76. The fourth-order valence-electron chi connectivity index (χ4n) is 0.364. The predicted octanol–water partition coefficient (Wildman–Crippen LogP) is 0.779. The minimum absolute atomic E-state index is 0. The number of hydrogen-bond donors (Lipinski definition) is 1. The van der Waals surface area contributed by atoms with Gasteiger partial charge in [0.1, 0.15) is 0 Å². The second-order valence-electron chi connectivity index (χ2n) is 1.30. The molecule has 0 saturated carbocycles. The molecule has 1 N–H and O–H groups in total. The molecular formula is C4H11KO4P. The Hall–Kier alpha value is 1.75. The third-order valence-corrected chi connectivity index (χ3v) is 1.75. The van der Waals surface area contributed by atoms with Crippen molar-refractivity contribution in [1.29, 1.82) is 0 Å². The van der Waals surface area contributed by atoms with Crippen LogP contribution in [0.5, 0.6) is 0 Å². The maximum Gasteiger partial charge on any atom is 0.472 e. The van der Waals surface area contributed by atoms with E-state index in [1.165, 1.54) is 0 Å². The van der Waals surface area contributed by atoms with Gasteiger partial charge in [-0.15, -0.1) is 0 Å². The van der Waals surface area contributed by atoms with Crippen LogP contribution in [-0.4, -0.2) is 69.5 Å². The van der Waals surface area contributed by atoms with Gasteiger partial charge >= 0.3 is 7.82 Å². The molecule has 0 rings (SSSR count). The van der Waals surface area contributed by atoms with E-state index in [0.29, 0.717) is 0 Å². The zero-order valence-corrected chi connectivity index (χ0v) is 10.6. The maximum atomic E-state index is 10.5. The minimum atomic E-state index is -3.69. The molecule has 0 fully saturated rings. The quantitative estimate of drug-likeness (QED) is 0.529. The predicted molar refractivity (Wildman–Crippen MR) is 38.8 cm³/mol. The van der Waals surface area contributed by atoms with E-state index in [4.69, 9.17) is 4.89 Å². The van der Waals surface area contributed by atoms with Crippen LogP contribution in [0.4, 0.5) is 0 Å². The monoisotopic (exact) mass is 193 g/mol. The molecule has 4 nitrogen and oxygen atoms in total. The molecule has 6 heteroatoms. The van der Waals surface area contributed by atoms with Gasteiger partial charge in [0.15, 0.2) is 0 Å². The zero-order valence-electron chi connectivity index (χ0n) is 6.53. The van der Waals surface area contributed by atoms with Crippen molar-refractivity contribution in [2.24, 2.45) is 0 Å². The Morgan fingerprint density at radius 3 is 1.80 bits per heavy atom.